The second kappa shape index (κ2) is 6.51. The lowest BCUT2D eigenvalue weighted by Gasteiger charge is -2.24. The summed E-state index contributed by atoms with van der Waals surface area (Å²) in [6.45, 7) is -2.80. The monoisotopic (exact) mass is 376 g/mol. The number of alkyl halides is 12. The average molecular weight is 376 g/mol. The topological polar surface area (TPSA) is 35.5 Å². The molecular weight excluding hydrogens is 372 g/mol. The number of hydrogen-bond donors (Lipinski definition) is 0. The van der Waals surface area contributed by atoms with Gasteiger partial charge in [-0.1, -0.05) is 0 Å². The Bertz CT molecular complexity index is 394. The van der Waals surface area contributed by atoms with Gasteiger partial charge < -0.3 is 9.47 Å². The molecule has 0 aliphatic carbocycles. The van der Waals surface area contributed by atoms with E-state index in [1.165, 1.54) is 0 Å². The van der Waals surface area contributed by atoms with E-state index in [0.29, 0.717) is 0 Å². The van der Waals surface area contributed by atoms with Gasteiger partial charge in [0.25, 0.3) is 12.3 Å². The first-order chi connectivity index (χ1) is 9.89. The summed E-state index contributed by atoms with van der Waals surface area (Å²) >= 11 is 0. The van der Waals surface area contributed by atoms with E-state index in [2.05, 4.69) is 9.47 Å². The van der Waals surface area contributed by atoms with E-state index in [4.69, 9.17) is 0 Å². The number of rotatable bonds is 4. The van der Waals surface area contributed by atoms with Crippen LogP contribution < -0.4 is 0 Å². The summed E-state index contributed by atoms with van der Waals surface area (Å²) < 4.78 is 150. The molecule has 1 atom stereocenters. The van der Waals surface area contributed by atoms with Gasteiger partial charge in [0.1, 0.15) is 0 Å². The van der Waals surface area contributed by atoms with Crippen molar-refractivity contribution in [2.24, 2.45) is 0 Å². The SMILES string of the molecule is O=C(OCC(F)(F)C(F)C(F)(F)F)OC(C(F)(F)F)C(F)(F)F. The molecule has 0 N–H and O–H groups in total. The zero-order valence-electron chi connectivity index (χ0n) is 10.1. The van der Waals surface area contributed by atoms with E-state index in [1.54, 1.807) is 0 Å². The lowest BCUT2D eigenvalue weighted by atomic mass is 10.2. The summed E-state index contributed by atoms with van der Waals surface area (Å²) in [5.41, 5.74) is 0. The van der Waals surface area contributed by atoms with Gasteiger partial charge in [-0.15, -0.1) is 0 Å². The van der Waals surface area contributed by atoms with Gasteiger partial charge >= 0.3 is 30.6 Å². The molecule has 15 heteroatoms. The van der Waals surface area contributed by atoms with E-state index in [-0.39, 0.29) is 0 Å². The molecule has 0 aromatic carbocycles. The highest BCUT2D eigenvalue weighted by Crippen LogP contribution is 2.37. The molecule has 0 aromatic rings. The highest BCUT2D eigenvalue weighted by molar-refractivity contribution is 5.60. The minimum absolute atomic E-state index is 2.69. The molecule has 0 amide bonds. The maximum Gasteiger partial charge on any atom is 0.509 e. The zero-order valence-corrected chi connectivity index (χ0v) is 10.1. The second-order valence-electron chi connectivity index (χ2n) is 3.78. The Kier molecular flexibility index (Phi) is 6.06. The minimum Gasteiger partial charge on any atom is -0.428 e. The molecule has 0 heterocycles. The van der Waals surface area contributed by atoms with E-state index in [1.807, 2.05) is 0 Å². The van der Waals surface area contributed by atoms with Gasteiger partial charge in [0.15, 0.2) is 6.61 Å². The predicted octanol–water partition coefficient (Wildman–Crippen LogP) is 4.17. The van der Waals surface area contributed by atoms with Gasteiger partial charge in [0.2, 0.25) is 0 Å². The fourth-order valence-corrected chi connectivity index (χ4v) is 0.917. The Morgan fingerprint density at radius 1 is 0.783 bits per heavy atom. The Hall–Kier alpha value is -1.57. The predicted molar refractivity (Wildman–Crippen MR) is 44.2 cm³/mol. The first kappa shape index (κ1) is 21.4. The van der Waals surface area contributed by atoms with E-state index < -0.39 is 49.5 Å². The van der Waals surface area contributed by atoms with Gasteiger partial charge in [-0.3, -0.25) is 0 Å². The summed E-state index contributed by atoms with van der Waals surface area (Å²) in [4.78, 5) is 10.5. The van der Waals surface area contributed by atoms with Crippen molar-refractivity contribution in [2.45, 2.75) is 36.7 Å². The highest BCUT2D eigenvalue weighted by atomic mass is 19.4. The van der Waals surface area contributed by atoms with Crippen LogP contribution in [0.5, 0.6) is 0 Å². The lowest BCUT2D eigenvalue weighted by molar-refractivity contribution is -0.311. The Morgan fingerprint density at radius 2 is 1.17 bits per heavy atom. The van der Waals surface area contributed by atoms with Crippen molar-refractivity contribution in [1.29, 1.82) is 0 Å². The third kappa shape index (κ3) is 6.60. The van der Waals surface area contributed by atoms with Gasteiger partial charge in [-0.05, 0) is 0 Å². The summed E-state index contributed by atoms with van der Waals surface area (Å²) in [5.74, 6) is -5.46. The smallest absolute Gasteiger partial charge is 0.428 e. The molecule has 0 aromatic heterocycles. The molecule has 0 saturated heterocycles. The molecule has 3 nitrogen and oxygen atoms in total. The molecule has 0 rings (SSSR count). The molecule has 0 radical (unpaired) electrons. The van der Waals surface area contributed by atoms with E-state index >= 15 is 0 Å². The molecule has 1 unspecified atom stereocenters. The van der Waals surface area contributed by atoms with Gasteiger partial charge in [0.05, 0.1) is 0 Å². The Morgan fingerprint density at radius 3 is 1.48 bits per heavy atom. The van der Waals surface area contributed by atoms with Gasteiger partial charge in [-0.25, -0.2) is 9.18 Å². The van der Waals surface area contributed by atoms with Crippen molar-refractivity contribution >= 4 is 6.16 Å². The number of hydrogen-bond acceptors (Lipinski definition) is 3. The van der Waals surface area contributed by atoms with Crippen LogP contribution in [-0.2, 0) is 9.47 Å². The largest absolute Gasteiger partial charge is 0.509 e. The third-order valence-electron chi connectivity index (χ3n) is 1.85. The average Bonchev–Trinajstić information content (AvgIpc) is 2.28. The van der Waals surface area contributed by atoms with Crippen LogP contribution in [0.2, 0.25) is 0 Å². The van der Waals surface area contributed by atoms with Crippen molar-refractivity contribution in [2.75, 3.05) is 6.61 Å². The third-order valence-corrected chi connectivity index (χ3v) is 1.85. The molecular formula is C8H4F12O3. The van der Waals surface area contributed by atoms with Crippen molar-refractivity contribution in [3.8, 4) is 0 Å². The van der Waals surface area contributed by atoms with Crippen LogP contribution in [-0.4, -0.2) is 49.5 Å². The van der Waals surface area contributed by atoms with Crippen LogP contribution >= 0.6 is 0 Å². The van der Waals surface area contributed by atoms with Crippen molar-refractivity contribution in [3.05, 3.63) is 0 Å². The fourth-order valence-electron chi connectivity index (χ4n) is 0.917. The molecule has 23 heavy (non-hydrogen) atoms. The van der Waals surface area contributed by atoms with Crippen LogP contribution in [0.25, 0.3) is 0 Å². The minimum atomic E-state index is -6.20. The first-order valence-electron chi connectivity index (χ1n) is 4.94. The molecule has 0 aliphatic heterocycles. The fraction of sp³-hybridized carbons (Fsp3) is 0.875. The second-order valence-corrected chi connectivity index (χ2v) is 3.78. The number of carbonyl (C=O) groups is 1. The number of ether oxygens (including phenoxy) is 2. The van der Waals surface area contributed by atoms with Gasteiger partial charge in [0, 0.05) is 0 Å². The van der Waals surface area contributed by atoms with Crippen LogP contribution in [0.4, 0.5) is 57.5 Å². The maximum absolute atomic E-state index is 12.6. The molecule has 0 spiro atoms. The Labute approximate surface area is 118 Å². The lowest BCUT2D eigenvalue weighted by Crippen LogP contribution is -2.47. The van der Waals surface area contributed by atoms with E-state index in [9.17, 15) is 57.5 Å². The molecule has 138 valence electrons. The van der Waals surface area contributed by atoms with Crippen molar-refractivity contribution < 1.29 is 67.0 Å². The van der Waals surface area contributed by atoms with Crippen LogP contribution in [0.15, 0.2) is 0 Å². The van der Waals surface area contributed by atoms with Crippen molar-refractivity contribution in [1.82, 2.24) is 0 Å². The summed E-state index contributed by atoms with van der Waals surface area (Å²) in [5, 5.41) is 0. The summed E-state index contributed by atoms with van der Waals surface area (Å²) in [6, 6.07) is 0. The summed E-state index contributed by atoms with van der Waals surface area (Å²) in [7, 11) is 0. The Balaban J connectivity index is 4.85. The molecule has 0 fully saturated rings. The van der Waals surface area contributed by atoms with Crippen LogP contribution in [0, 0.1) is 0 Å². The molecule has 0 saturated carbocycles. The molecule has 0 bridgehead atoms. The quantitative estimate of drug-likeness (QED) is 0.546. The molecule has 0 aliphatic rings. The number of carbonyl (C=O) groups excluding carboxylic acids is 1. The van der Waals surface area contributed by atoms with Gasteiger partial charge in [-0.2, -0.15) is 48.3 Å². The van der Waals surface area contributed by atoms with E-state index in [0.717, 1.165) is 0 Å². The van der Waals surface area contributed by atoms with Crippen molar-refractivity contribution in [3.63, 3.8) is 0 Å². The summed E-state index contributed by atoms with van der Waals surface area (Å²) in [6.07, 6.45) is -31.2. The van der Waals surface area contributed by atoms with Crippen LogP contribution in [0.1, 0.15) is 0 Å². The standard InChI is InChI=1S/C8H4F12O3/c9-2(6(12,13)14)5(10,11)1-22-4(21)23-3(7(15,16)17)8(18,19)20/h2-3H,1H2. The normalized spacial score (nSPS) is 15.5. The first-order valence-corrected chi connectivity index (χ1v) is 4.94. The van der Waals surface area contributed by atoms with Crippen LogP contribution in [0.3, 0.4) is 0 Å². The zero-order chi connectivity index (χ0) is 18.9. The number of halogens is 12. The maximum atomic E-state index is 12.6. The highest BCUT2D eigenvalue weighted by Gasteiger charge is 2.61.